The Morgan fingerprint density at radius 3 is 2.27 bits per heavy atom. The first-order valence-electron chi connectivity index (χ1n) is 9.55. The predicted octanol–water partition coefficient (Wildman–Crippen LogP) is 5.65. The summed E-state index contributed by atoms with van der Waals surface area (Å²) in [6.45, 7) is 9.53. The Morgan fingerprint density at radius 2 is 1.62 bits per heavy atom. The molecule has 0 N–H and O–H groups in total. The Hall–Kier alpha value is -2.09. The monoisotopic (exact) mass is 350 g/mol. The van der Waals surface area contributed by atoms with Crippen molar-refractivity contribution in [2.24, 2.45) is 0 Å². The minimum Gasteiger partial charge on any atom is -0.466 e. The summed E-state index contributed by atoms with van der Waals surface area (Å²) in [5.74, 6) is -0.329. The van der Waals surface area contributed by atoms with E-state index in [0.29, 0.717) is 0 Å². The van der Waals surface area contributed by atoms with Crippen LogP contribution in [-0.4, -0.2) is 13.1 Å². The molecule has 2 aliphatic rings. The zero-order chi connectivity index (χ0) is 18.9. The maximum Gasteiger partial charge on any atom is 0.330 e. The maximum atomic E-state index is 11.1. The zero-order valence-corrected chi connectivity index (χ0v) is 16.7. The lowest BCUT2D eigenvalue weighted by Crippen LogP contribution is -2.34. The molecule has 0 aromatic heterocycles. The lowest BCUT2D eigenvalue weighted by atomic mass is 9.62. The van der Waals surface area contributed by atoms with E-state index in [1.54, 1.807) is 11.6 Å². The van der Waals surface area contributed by atoms with Crippen LogP contribution in [0.15, 0.2) is 42.5 Å². The first-order valence-corrected chi connectivity index (χ1v) is 9.55. The molecule has 0 atom stereocenters. The van der Waals surface area contributed by atoms with Crippen molar-refractivity contribution in [2.45, 2.75) is 64.2 Å². The molecule has 0 spiro atoms. The van der Waals surface area contributed by atoms with Crippen molar-refractivity contribution in [3.05, 3.63) is 64.8 Å². The Bertz CT molecular complexity index is 804. The van der Waals surface area contributed by atoms with Gasteiger partial charge in [-0.1, -0.05) is 64.1 Å². The highest BCUT2D eigenvalue weighted by Gasteiger charge is 2.38. The fourth-order valence-electron chi connectivity index (χ4n) is 4.18. The zero-order valence-electron chi connectivity index (χ0n) is 16.7. The third-order valence-electron chi connectivity index (χ3n) is 6.04. The highest BCUT2D eigenvalue weighted by molar-refractivity contribution is 5.82. The highest BCUT2D eigenvalue weighted by atomic mass is 16.5. The van der Waals surface area contributed by atoms with Gasteiger partial charge in [-0.15, -0.1) is 0 Å². The summed E-state index contributed by atoms with van der Waals surface area (Å²) in [5, 5.41) is 0. The number of fused-ring (bicyclic) bond motifs is 2. The van der Waals surface area contributed by atoms with E-state index in [4.69, 9.17) is 0 Å². The fourth-order valence-corrected chi connectivity index (χ4v) is 4.18. The summed E-state index contributed by atoms with van der Waals surface area (Å²) in [5.41, 5.74) is 7.87. The Morgan fingerprint density at radius 1 is 0.962 bits per heavy atom. The SMILES string of the molecule is COC(=O)C=CC=C/C=C1/CCc2cc3c(cc21)C(C)(C)CCC3(C)C. The van der Waals surface area contributed by atoms with Crippen LogP contribution < -0.4 is 0 Å². The first kappa shape index (κ1) is 18.7. The van der Waals surface area contributed by atoms with Gasteiger partial charge in [0.25, 0.3) is 0 Å². The van der Waals surface area contributed by atoms with E-state index in [-0.39, 0.29) is 16.8 Å². The standard InChI is InChI=1S/C24H30O2/c1-23(2)13-14-24(3,4)21-16-19-17(11-12-18(19)15-20(21)23)9-7-6-8-10-22(25)26-5/h6-10,15-16H,11-14H2,1-5H3/b7-6?,10-8?,17-9-. The number of carbonyl (C=O) groups is 1. The van der Waals surface area contributed by atoms with Crippen LogP contribution in [0.2, 0.25) is 0 Å². The normalized spacial score (nSPS) is 22.0. The van der Waals surface area contributed by atoms with Gasteiger partial charge in [0.2, 0.25) is 0 Å². The van der Waals surface area contributed by atoms with Crippen molar-refractivity contribution in [3.8, 4) is 0 Å². The van der Waals surface area contributed by atoms with Gasteiger partial charge in [0.05, 0.1) is 7.11 Å². The van der Waals surface area contributed by atoms with Gasteiger partial charge in [0.1, 0.15) is 0 Å². The Balaban J connectivity index is 1.92. The van der Waals surface area contributed by atoms with Gasteiger partial charge in [0.15, 0.2) is 0 Å². The topological polar surface area (TPSA) is 26.3 Å². The van der Waals surface area contributed by atoms with E-state index >= 15 is 0 Å². The fraction of sp³-hybridized carbons (Fsp3) is 0.458. The number of methoxy groups -OCH3 is 1. The molecule has 0 aliphatic heterocycles. The van der Waals surface area contributed by atoms with Crippen molar-refractivity contribution >= 4 is 11.5 Å². The molecule has 0 heterocycles. The van der Waals surface area contributed by atoms with Gasteiger partial charge in [0, 0.05) is 6.08 Å². The summed E-state index contributed by atoms with van der Waals surface area (Å²) >= 11 is 0. The minimum atomic E-state index is -0.329. The van der Waals surface area contributed by atoms with Crippen molar-refractivity contribution in [1.29, 1.82) is 0 Å². The molecule has 0 radical (unpaired) electrons. The van der Waals surface area contributed by atoms with E-state index in [9.17, 15) is 4.79 Å². The van der Waals surface area contributed by atoms with E-state index in [2.05, 4.69) is 50.6 Å². The lowest BCUT2D eigenvalue weighted by molar-refractivity contribution is -0.134. The molecule has 0 unspecified atom stereocenters. The van der Waals surface area contributed by atoms with E-state index in [1.807, 2.05) is 12.2 Å². The second-order valence-corrected chi connectivity index (χ2v) is 8.78. The number of hydrogen-bond donors (Lipinski definition) is 0. The molecule has 1 aromatic rings. The van der Waals surface area contributed by atoms with Crippen molar-refractivity contribution < 1.29 is 9.53 Å². The van der Waals surface area contributed by atoms with Gasteiger partial charge in [-0.05, 0) is 64.3 Å². The second-order valence-electron chi connectivity index (χ2n) is 8.78. The van der Waals surface area contributed by atoms with Crippen LogP contribution in [0, 0.1) is 0 Å². The van der Waals surface area contributed by atoms with Crippen molar-refractivity contribution in [3.63, 3.8) is 0 Å². The maximum absolute atomic E-state index is 11.1. The summed E-state index contributed by atoms with van der Waals surface area (Å²) in [6, 6.07) is 4.94. The van der Waals surface area contributed by atoms with E-state index < -0.39 is 0 Å². The van der Waals surface area contributed by atoms with E-state index in [0.717, 1.165) is 12.8 Å². The Labute approximate surface area is 157 Å². The number of aryl methyl sites for hydroxylation is 1. The molecular formula is C24H30O2. The average Bonchev–Trinajstić information content (AvgIpc) is 3.00. The molecule has 138 valence electrons. The van der Waals surface area contributed by atoms with Crippen LogP contribution in [0.5, 0.6) is 0 Å². The molecule has 0 saturated carbocycles. The quantitative estimate of drug-likeness (QED) is 0.400. The molecule has 3 rings (SSSR count). The van der Waals surface area contributed by atoms with Crippen molar-refractivity contribution in [1.82, 2.24) is 0 Å². The highest BCUT2D eigenvalue weighted by Crippen LogP contribution is 2.48. The number of benzene rings is 1. The molecule has 0 bridgehead atoms. The number of hydrogen-bond acceptors (Lipinski definition) is 2. The summed E-state index contributed by atoms with van der Waals surface area (Å²) in [6.07, 6.45) is 13.9. The number of esters is 1. The number of rotatable bonds is 3. The molecule has 0 amide bonds. The minimum absolute atomic E-state index is 0.243. The average molecular weight is 351 g/mol. The van der Waals surface area contributed by atoms with Gasteiger partial charge in [-0.2, -0.15) is 0 Å². The molecule has 2 nitrogen and oxygen atoms in total. The third kappa shape index (κ3) is 3.56. The third-order valence-corrected chi connectivity index (χ3v) is 6.04. The molecule has 1 aromatic carbocycles. The lowest BCUT2D eigenvalue weighted by Gasteiger charge is -2.42. The van der Waals surface area contributed by atoms with Crippen LogP contribution in [0.1, 0.15) is 69.2 Å². The summed E-state index contributed by atoms with van der Waals surface area (Å²) in [7, 11) is 1.39. The second kappa shape index (κ2) is 6.90. The molecule has 0 fully saturated rings. The van der Waals surface area contributed by atoms with Gasteiger partial charge in [-0.3, -0.25) is 0 Å². The first-order chi connectivity index (χ1) is 12.2. The van der Waals surface area contributed by atoms with Gasteiger partial charge in [-0.25, -0.2) is 4.79 Å². The smallest absolute Gasteiger partial charge is 0.330 e. The molecule has 2 heteroatoms. The van der Waals surface area contributed by atoms with Crippen LogP contribution in [0.25, 0.3) is 5.57 Å². The number of carbonyl (C=O) groups excluding carboxylic acids is 1. The van der Waals surface area contributed by atoms with Gasteiger partial charge < -0.3 is 4.74 Å². The number of allylic oxidation sites excluding steroid dienone is 5. The molecule has 2 aliphatic carbocycles. The van der Waals surface area contributed by atoms with Gasteiger partial charge >= 0.3 is 5.97 Å². The van der Waals surface area contributed by atoms with Crippen LogP contribution in [0.3, 0.4) is 0 Å². The molecule has 0 saturated heterocycles. The summed E-state index contributed by atoms with van der Waals surface area (Å²) < 4.78 is 4.59. The number of ether oxygens (including phenoxy) is 1. The van der Waals surface area contributed by atoms with Crippen LogP contribution in [0.4, 0.5) is 0 Å². The Kier molecular flexibility index (Phi) is 4.96. The van der Waals surface area contributed by atoms with Crippen LogP contribution in [-0.2, 0) is 26.8 Å². The largest absolute Gasteiger partial charge is 0.466 e. The molecular weight excluding hydrogens is 320 g/mol. The van der Waals surface area contributed by atoms with Crippen LogP contribution >= 0.6 is 0 Å². The predicted molar refractivity (Wildman–Crippen MR) is 108 cm³/mol. The van der Waals surface area contributed by atoms with Crippen molar-refractivity contribution in [2.75, 3.05) is 7.11 Å². The molecule has 26 heavy (non-hydrogen) atoms. The summed E-state index contributed by atoms with van der Waals surface area (Å²) in [4.78, 5) is 11.1. The van der Waals surface area contributed by atoms with E-state index in [1.165, 1.54) is 48.3 Å².